The lowest BCUT2D eigenvalue weighted by molar-refractivity contribution is -0.0167. The van der Waals surface area contributed by atoms with Crippen LogP contribution in [0.15, 0.2) is 6.20 Å². The fourth-order valence-corrected chi connectivity index (χ4v) is 5.17. The SMILES string of the molecule is O=C(NC12CC3CC(CC(C3)C1)C2)c1[nH]ncc1Cl. The zero-order valence-electron chi connectivity index (χ0n) is 10.8. The number of aromatic amines is 1. The summed E-state index contributed by atoms with van der Waals surface area (Å²) in [6.07, 6.45) is 9.06. The molecule has 1 amide bonds. The standard InChI is InChI=1S/C14H18ClN3O/c15-11-7-16-18-12(11)13(19)17-14-4-8-1-9(5-14)3-10(2-8)6-14/h7-10H,1-6H2,(H,16,18)(H,17,19). The Morgan fingerprint density at radius 2 is 1.84 bits per heavy atom. The van der Waals surface area contributed by atoms with Crippen molar-refractivity contribution in [3.63, 3.8) is 0 Å². The average Bonchev–Trinajstić information content (AvgIpc) is 2.72. The molecular weight excluding hydrogens is 262 g/mol. The number of hydrogen-bond donors (Lipinski definition) is 2. The second kappa shape index (κ2) is 3.98. The highest BCUT2D eigenvalue weighted by molar-refractivity contribution is 6.33. The second-order valence-electron chi connectivity index (χ2n) is 6.74. The van der Waals surface area contributed by atoms with E-state index in [0.717, 1.165) is 37.0 Å². The van der Waals surface area contributed by atoms with Crippen LogP contribution in [0.3, 0.4) is 0 Å². The van der Waals surface area contributed by atoms with E-state index in [9.17, 15) is 4.79 Å². The minimum Gasteiger partial charge on any atom is -0.345 e. The van der Waals surface area contributed by atoms with Crippen LogP contribution in [0, 0.1) is 17.8 Å². The summed E-state index contributed by atoms with van der Waals surface area (Å²) in [5.74, 6) is 2.38. The molecule has 5 heteroatoms. The predicted octanol–water partition coefficient (Wildman–Crippen LogP) is 2.76. The summed E-state index contributed by atoms with van der Waals surface area (Å²) in [5.41, 5.74) is 0.428. The quantitative estimate of drug-likeness (QED) is 0.874. The Balaban J connectivity index is 1.56. The molecule has 0 radical (unpaired) electrons. The zero-order valence-corrected chi connectivity index (χ0v) is 11.5. The van der Waals surface area contributed by atoms with E-state index in [1.165, 1.54) is 25.5 Å². The monoisotopic (exact) mass is 279 g/mol. The number of halogens is 1. The van der Waals surface area contributed by atoms with Gasteiger partial charge < -0.3 is 5.32 Å². The third-order valence-electron chi connectivity index (χ3n) is 5.24. The van der Waals surface area contributed by atoms with Crippen LogP contribution in [-0.2, 0) is 0 Å². The Labute approximate surface area is 117 Å². The number of carbonyl (C=O) groups excluding carboxylic acids is 1. The number of nitrogens with zero attached hydrogens (tertiary/aromatic N) is 1. The summed E-state index contributed by atoms with van der Waals surface area (Å²) in [6.45, 7) is 0. The fraction of sp³-hybridized carbons (Fsp3) is 0.714. The fourth-order valence-electron chi connectivity index (χ4n) is 5.00. The molecule has 0 aliphatic heterocycles. The molecule has 5 rings (SSSR count). The first-order valence-corrected chi connectivity index (χ1v) is 7.53. The summed E-state index contributed by atoms with van der Waals surface area (Å²) < 4.78 is 0. The van der Waals surface area contributed by atoms with Crippen LogP contribution >= 0.6 is 11.6 Å². The van der Waals surface area contributed by atoms with Crippen LogP contribution in [0.4, 0.5) is 0 Å². The van der Waals surface area contributed by atoms with E-state index < -0.39 is 0 Å². The van der Waals surface area contributed by atoms with Gasteiger partial charge in [0.1, 0.15) is 5.69 Å². The number of hydrogen-bond acceptors (Lipinski definition) is 2. The molecule has 0 atom stereocenters. The molecule has 4 aliphatic carbocycles. The van der Waals surface area contributed by atoms with E-state index in [1.807, 2.05) is 0 Å². The molecular formula is C14H18ClN3O. The van der Waals surface area contributed by atoms with Gasteiger partial charge in [-0.3, -0.25) is 9.89 Å². The van der Waals surface area contributed by atoms with E-state index >= 15 is 0 Å². The largest absolute Gasteiger partial charge is 0.345 e. The molecule has 1 aromatic rings. The Bertz CT molecular complexity index is 489. The number of nitrogens with one attached hydrogen (secondary N) is 2. The van der Waals surface area contributed by atoms with Gasteiger partial charge in [0.25, 0.3) is 5.91 Å². The van der Waals surface area contributed by atoms with Crippen molar-refractivity contribution >= 4 is 17.5 Å². The van der Waals surface area contributed by atoms with Crippen molar-refractivity contribution in [2.75, 3.05) is 0 Å². The highest BCUT2D eigenvalue weighted by Gasteiger charge is 2.51. The van der Waals surface area contributed by atoms with Crippen molar-refractivity contribution in [3.05, 3.63) is 16.9 Å². The maximum atomic E-state index is 12.3. The van der Waals surface area contributed by atoms with Gasteiger partial charge in [-0.15, -0.1) is 0 Å². The zero-order chi connectivity index (χ0) is 13.0. The third kappa shape index (κ3) is 1.88. The van der Waals surface area contributed by atoms with Crippen molar-refractivity contribution in [2.24, 2.45) is 17.8 Å². The first kappa shape index (κ1) is 11.8. The molecule has 4 fully saturated rings. The van der Waals surface area contributed by atoms with E-state index in [1.54, 1.807) is 0 Å². The molecule has 4 aliphatic rings. The topological polar surface area (TPSA) is 57.8 Å². The molecule has 0 saturated heterocycles. The van der Waals surface area contributed by atoms with Gasteiger partial charge in [0, 0.05) is 5.54 Å². The van der Waals surface area contributed by atoms with Crippen LogP contribution in [0.2, 0.25) is 5.02 Å². The Kier molecular flexibility index (Phi) is 2.47. The molecule has 102 valence electrons. The van der Waals surface area contributed by atoms with Crippen molar-refractivity contribution in [3.8, 4) is 0 Å². The lowest BCUT2D eigenvalue weighted by atomic mass is 9.53. The van der Waals surface area contributed by atoms with Gasteiger partial charge in [-0.1, -0.05) is 11.6 Å². The first-order valence-electron chi connectivity index (χ1n) is 7.15. The summed E-state index contributed by atoms with van der Waals surface area (Å²) in [4.78, 5) is 12.3. The third-order valence-corrected chi connectivity index (χ3v) is 5.52. The lowest BCUT2D eigenvalue weighted by Crippen LogP contribution is -2.59. The number of rotatable bonds is 2. The molecule has 0 unspecified atom stereocenters. The van der Waals surface area contributed by atoms with Gasteiger partial charge in [0.15, 0.2) is 0 Å². The lowest BCUT2D eigenvalue weighted by Gasteiger charge is -2.56. The van der Waals surface area contributed by atoms with Crippen LogP contribution in [0.5, 0.6) is 0 Å². The van der Waals surface area contributed by atoms with Gasteiger partial charge in [-0.25, -0.2) is 0 Å². The molecule has 19 heavy (non-hydrogen) atoms. The normalized spacial score (nSPS) is 39.5. The van der Waals surface area contributed by atoms with Gasteiger partial charge in [0.2, 0.25) is 0 Å². The highest BCUT2D eigenvalue weighted by atomic mass is 35.5. The number of H-pyrrole nitrogens is 1. The van der Waals surface area contributed by atoms with E-state index in [0.29, 0.717) is 10.7 Å². The van der Waals surface area contributed by atoms with E-state index in [-0.39, 0.29) is 11.4 Å². The number of carbonyl (C=O) groups is 1. The number of aromatic nitrogens is 2. The first-order chi connectivity index (χ1) is 9.13. The summed E-state index contributed by atoms with van der Waals surface area (Å²) >= 11 is 5.97. The van der Waals surface area contributed by atoms with Crippen LogP contribution in [-0.4, -0.2) is 21.6 Å². The van der Waals surface area contributed by atoms with Gasteiger partial charge >= 0.3 is 0 Å². The van der Waals surface area contributed by atoms with E-state index in [4.69, 9.17) is 11.6 Å². The minimum atomic E-state index is -0.0931. The molecule has 4 saturated carbocycles. The van der Waals surface area contributed by atoms with Crippen molar-refractivity contribution in [1.82, 2.24) is 15.5 Å². The molecule has 1 heterocycles. The van der Waals surface area contributed by atoms with E-state index in [2.05, 4.69) is 15.5 Å². The second-order valence-corrected chi connectivity index (χ2v) is 7.15. The van der Waals surface area contributed by atoms with Crippen LogP contribution in [0.1, 0.15) is 49.0 Å². The summed E-state index contributed by atoms with van der Waals surface area (Å²) in [5, 5.41) is 10.2. The molecule has 2 N–H and O–H groups in total. The molecule has 0 spiro atoms. The Morgan fingerprint density at radius 1 is 1.26 bits per heavy atom. The van der Waals surface area contributed by atoms with Gasteiger partial charge in [0.05, 0.1) is 11.2 Å². The predicted molar refractivity (Wildman–Crippen MR) is 72.0 cm³/mol. The maximum absolute atomic E-state index is 12.3. The van der Waals surface area contributed by atoms with Crippen molar-refractivity contribution in [1.29, 1.82) is 0 Å². The van der Waals surface area contributed by atoms with Gasteiger partial charge in [-0.2, -0.15) is 5.10 Å². The van der Waals surface area contributed by atoms with Crippen LogP contribution < -0.4 is 5.32 Å². The summed E-state index contributed by atoms with van der Waals surface area (Å²) in [7, 11) is 0. The minimum absolute atomic E-state index is 0.0280. The van der Waals surface area contributed by atoms with Crippen LogP contribution in [0.25, 0.3) is 0 Å². The van der Waals surface area contributed by atoms with Crippen molar-refractivity contribution < 1.29 is 4.79 Å². The molecule has 1 aromatic heterocycles. The highest BCUT2D eigenvalue weighted by Crippen LogP contribution is 2.55. The average molecular weight is 280 g/mol. The smallest absolute Gasteiger partial charge is 0.271 e. The van der Waals surface area contributed by atoms with Gasteiger partial charge in [-0.05, 0) is 56.3 Å². The Morgan fingerprint density at radius 3 is 2.32 bits per heavy atom. The summed E-state index contributed by atoms with van der Waals surface area (Å²) in [6, 6.07) is 0. The maximum Gasteiger partial charge on any atom is 0.271 e. The Hall–Kier alpha value is -1.03. The molecule has 4 bridgehead atoms. The number of amides is 1. The van der Waals surface area contributed by atoms with Crippen molar-refractivity contribution in [2.45, 2.75) is 44.1 Å². The molecule has 4 nitrogen and oxygen atoms in total. The molecule has 0 aromatic carbocycles.